The molecule has 2 bridgehead atoms. The lowest BCUT2D eigenvalue weighted by Crippen LogP contribution is -2.41. The Balaban J connectivity index is 1.11. The van der Waals surface area contributed by atoms with Crippen LogP contribution in [0.5, 0.6) is 0 Å². The van der Waals surface area contributed by atoms with Crippen LogP contribution in [0.1, 0.15) is 56.9 Å². The van der Waals surface area contributed by atoms with Gasteiger partial charge < -0.3 is 26.6 Å². The SMILES string of the molecule is CC(=O)[C@@H]1CN(C(=O)C23CCC(C(=S)N4C[C@@H](C(N)=O)[C@H](C(=O)N[C@H]5C[C@@H]5c5ccccc5)C4)(CC2)C3)C[C@H]1C(N)=O. The number of fused-ring (bicyclic) bond motifs is 2. The van der Waals surface area contributed by atoms with E-state index in [9.17, 15) is 24.0 Å². The van der Waals surface area contributed by atoms with E-state index < -0.39 is 40.9 Å². The van der Waals surface area contributed by atoms with Crippen LogP contribution >= 0.6 is 12.2 Å². The fraction of sp³-hybridized carbons (Fsp3) is 0.613. The van der Waals surface area contributed by atoms with Crippen molar-refractivity contribution in [3.63, 3.8) is 0 Å². The largest absolute Gasteiger partial charge is 0.369 e. The molecule has 0 unspecified atom stereocenters. The number of hydrogen-bond acceptors (Lipinski definition) is 6. The summed E-state index contributed by atoms with van der Waals surface area (Å²) in [6.45, 7) is 2.46. The highest BCUT2D eigenvalue weighted by Crippen LogP contribution is 2.63. The summed E-state index contributed by atoms with van der Waals surface area (Å²) in [6, 6.07) is 10.1. The minimum Gasteiger partial charge on any atom is -0.369 e. The summed E-state index contributed by atoms with van der Waals surface area (Å²) in [5, 5.41) is 3.14. The number of carbonyl (C=O) groups is 5. The second kappa shape index (κ2) is 10.4. The molecule has 11 heteroatoms. The zero-order valence-corrected chi connectivity index (χ0v) is 24.7. The smallest absolute Gasteiger partial charge is 0.228 e. The average molecular weight is 594 g/mol. The molecule has 0 spiro atoms. The zero-order chi connectivity index (χ0) is 30.0. The lowest BCUT2D eigenvalue weighted by molar-refractivity contribution is -0.141. The molecule has 6 rings (SSSR count). The highest BCUT2D eigenvalue weighted by Gasteiger charge is 2.62. The van der Waals surface area contributed by atoms with Crippen molar-refractivity contribution in [3.8, 4) is 0 Å². The van der Waals surface area contributed by atoms with Crippen molar-refractivity contribution >= 4 is 46.6 Å². The van der Waals surface area contributed by atoms with Crippen LogP contribution in [0.2, 0.25) is 0 Å². The van der Waals surface area contributed by atoms with Crippen LogP contribution in [0.15, 0.2) is 30.3 Å². The highest BCUT2D eigenvalue weighted by atomic mass is 32.1. The standard InChI is InChI=1S/C31H39N5O5S/c1-17(37)20-12-35(13-21(20)25(32)38)28(41)30-7-9-31(16-30,10-8-30)29(42)36-14-22(26(33)39)23(15-36)27(40)34-24-11-19(24)18-5-3-2-4-6-18/h2-6,19-24H,7-16H2,1H3,(H2,32,38)(H2,33,39)(H,34,40)/t19-,20+,21-,22-,23-,24+,30?,31?/m1/s1. The zero-order valence-electron chi connectivity index (χ0n) is 23.9. The minimum atomic E-state index is -0.659. The Morgan fingerprint density at radius 2 is 1.36 bits per heavy atom. The number of ketones is 1. The second-order valence-electron chi connectivity index (χ2n) is 13.4. The van der Waals surface area contributed by atoms with Crippen LogP contribution < -0.4 is 16.8 Å². The van der Waals surface area contributed by atoms with Crippen LogP contribution in [0, 0.1) is 34.5 Å². The van der Waals surface area contributed by atoms with E-state index in [0.717, 1.165) is 19.3 Å². The lowest BCUT2D eigenvalue weighted by atomic mass is 9.81. The van der Waals surface area contributed by atoms with Crippen LogP contribution in [0.25, 0.3) is 0 Å². The topological polar surface area (TPSA) is 156 Å². The van der Waals surface area contributed by atoms with Gasteiger partial charge in [-0.05, 0) is 51.0 Å². The Bertz CT molecular complexity index is 1320. The molecule has 0 aromatic heterocycles. The van der Waals surface area contributed by atoms with E-state index in [2.05, 4.69) is 17.4 Å². The van der Waals surface area contributed by atoms with E-state index in [1.54, 1.807) is 4.90 Å². The molecule has 1 aromatic carbocycles. The third kappa shape index (κ3) is 4.79. The van der Waals surface area contributed by atoms with Crippen LogP contribution in [0.3, 0.4) is 0 Å². The molecule has 2 saturated heterocycles. The molecule has 5 aliphatic rings. The van der Waals surface area contributed by atoms with Gasteiger partial charge in [0.1, 0.15) is 5.78 Å². The molecule has 6 atom stereocenters. The van der Waals surface area contributed by atoms with E-state index in [0.29, 0.717) is 37.3 Å². The van der Waals surface area contributed by atoms with E-state index in [1.807, 2.05) is 23.1 Å². The molecule has 2 heterocycles. The van der Waals surface area contributed by atoms with E-state index >= 15 is 0 Å². The number of likely N-dealkylation sites (tertiary alicyclic amines) is 2. The van der Waals surface area contributed by atoms with Gasteiger partial charge in [-0.25, -0.2) is 0 Å². The summed E-state index contributed by atoms with van der Waals surface area (Å²) in [5.41, 5.74) is 11.6. The second-order valence-corrected chi connectivity index (χ2v) is 13.8. The summed E-state index contributed by atoms with van der Waals surface area (Å²) >= 11 is 6.06. The molecule has 10 nitrogen and oxygen atoms in total. The van der Waals surface area contributed by atoms with Crippen molar-refractivity contribution in [2.24, 2.45) is 46.0 Å². The molecule has 1 aromatic rings. The predicted octanol–water partition coefficient (Wildman–Crippen LogP) is 1.12. The number of nitrogens with one attached hydrogen (secondary N) is 1. The Morgan fingerprint density at radius 1 is 0.810 bits per heavy atom. The first kappa shape index (κ1) is 28.8. The summed E-state index contributed by atoms with van der Waals surface area (Å²) in [4.78, 5) is 68.2. The summed E-state index contributed by atoms with van der Waals surface area (Å²) in [5.74, 6) is -3.53. The van der Waals surface area contributed by atoms with Crippen molar-refractivity contribution in [2.75, 3.05) is 26.2 Å². The van der Waals surface area contributed by atoms with E-state index in [1.165, 1.54) is 12.5 Å². The van der Waals surface area contributed by atoms with Gasteiger partial charge in [-0.1, -0.05) is 42.5 Å². The first-order valence-electron chi connectivity index (χ1n) is 15.0. The van der Waals surface area contributed by atoms with Gasteiger partial charge in [0.25, 0.3) is 0 Å². The number of benzene rings is 1. The normalized spacial score (nSPS) is 36.6. The number of primary amides is 2. The first-order chi connectivity index (χ1) is 19.9. The van der Waals surface area contributed by atoms with E-state index in [-0.39, 0.29) is 48.1 Å². The predicted molar refractivity (Wildman–Crippen MR) is 157 cm³/mol. The third-order valence-corrected chi connectivity index (χ3v) is 11.6. The fourth-order valence-electron chi connectivity index (χ4n) is 8.36. The van der Waals surface area contributed by atoms with Gasteiger partial charge in [-0.15, -0.1) is 0 Å². The molecule has 2 aliphatic heterocycles. The van der Waals surface area contributed by atoms with Crippen molar-refractivity contribution in [3.05, 3.63) is 35.9 Å². The molecule has 0 radical (unpaired) electrons. The van der Waals surface area contributed by atoms with Gasteiger partial charge >= 0.3 is 0 Å². The number of hydrogen-bond donors (Lipinski definition) is 3. The summed E-state index contributed by atoms with van der Waals surface area (Å²) < 4.78 is 0. The molecule has 3 aliphatic carbocycles. The van der Waals surface area contributed by atoms with Crippen LogP contribution in [-0.4, -0.2) is 76.4 Å². The fourth-order valence-corrected chi connectivity index (χ4v) is 8.79. The molecule has 224 valence electrons. The Kier molecular flexibility index (Phi) is 7.14. The van der Waals surface area contributed by atoms with Gasteiger partial charge in [0.15, 0.2) is 0 Å². The van der Waals surface area contributed by atoms with Gasteiger partial charge in [-0.3, -0.25) is 24.0 Å². The number of Topliss-reactive ketones (excluding diaryl/α,β-unsaturated/α-hetero) is 1. The van der Waals surface area contributed by atoms with E-state index in [4.69, 9.17) is 23.7 Å². The summed E-state index contributed by atoms with van der Waals surface area (Å²) in [6.07, 6.45) is 4.31. The maximum atomic E-state index is 13.9. The maximum absolute atomic E-state index is 13.9. The maximum Gasteiger partial charge on any atom is 0.228 e. The molecule has 42 heavy (non-hydrogen) atoms. The van der Waals surface area contributed by atoms with Crippen LogP contribution in [0.4, 0.5) is 0 Å². The first-order valence-corrected chi connectivity index (χ1v) is 15.4. The molecular weight excluding hydrogens is 554 g/mol. The van der Waals surface area contributed by atoms with Crippen molar-refractivity contribution in [1.29, 1.82) is 0 Å². The average Bonchev–Trinajstić information content (AvgIpc) is 3.42. The molecular formula is C31H39N5O5S. The number of thiocarbonyl (C=S) groups is 1. The number of nitrogens with zero attached hydrogens (tertiary/aromatic N) is 2. The molecule has 5 fully saturated rings. The van der Waals surface area contributed by atoms with Gasteiger partial charge in [0.2, 0.25) is 23.6 Å². The number of carbonyl (C=O) groups excluding carboxylic acids is 5. The Hall–Kier alpha value is -3.34. The third-order valence-electron chi connectivity index (χ3n) is 10.9. The molecule has 5 N–H and O–H groups in total. The number of amides is 4. The Morgan fingerprint density at radius 3 is 1.95 bits per heavy atom. The molecule has 3 saturated carbocycles. The molecule has 4 amide bonds. The lowest BCUT2D eigenvalue weighted by Gasteiger charge is -2.34. The van der Waals surface area contributed by atoms with Gasteiger partial charge in [-0.2, -0.15) is 0 Å². The highest BCUT2D eigenvalue weighted by molar-refractivity contribution is 7.80. The van der Waals surface area contributed by atoms with Crippen molar-refractivity contribution < 1.29 is 24.0 Å². The van der Waals surface area contributed by atoms with Gasteiger partial charge in [0, 0.05) is 49.5 Å². The minimum absolute atomic E-state index is 0.0224. The van der Waals surface area contributed by atoms with Crippen molar-refractivity contribution in [2.45, 2.75) is 57.4 Å². The Labute approximate surface area is 250 Å². The quantitative estimate of drug-likeness (QED) is 0.382. The number of nitrogens with two attached hydrogens (primary N) is 2. The number of rotatable bonds is 8. The van der Waals surface area contributed by atoms with Gasteiger partial charge in [0.05, 0.1) is 28.2 Å². The summed E-state index contributed by atoms with van der Waals surface area (Å²) in [7, 11) is 0. The van der Waals surface area contributed by atoms with Crippen LogP contribution in [-0.2, 0) is 24.0 Å². The monoisotopic (exact) mass is 593 g/mol. The van der Waals surface area contributed by atoms with Crippen molar-refractivity contribution in [1.82, 2.24) is 15.1 Å².